The molecule has 5 nitrogen and oxygen atoms in total. The van der Waals surface area contributed by atoms with Crippen molar-refractivity contribution in [3.8, 4) is 0 Å². The minimum Gasteiger partial charge on any atom is -0.465 e. The molecular weight excluding hydrogens is 448 g/mol. The summed E-state index contributed by atoms with van der Waals surface area (Å²) in [4.78, 5) is 23.0. The highest BCUT2D eigenvalue weighted by atomic mass is 79.9. The number of aliphatic hydroxyl groups excluding tert-OH is 1. The van der Waals surface area contributed by atoms with Crippen LogP contribution in [0.15, 0.2) is 11.6 Å². The SMILES string of the molecule is CC(=O)OCC(Br)[C@]1(C)CC=C2[C@H](C1)[C@@H](O)CC1[C@]3(C)C[C@@H]3[C@@H](OC(C)=O)C[C@]21C. The van der Waals surface area contributed by atoms with Crippen molar-refractivity contribution in [3.63, 3.8) is 0 Å². The lowest BCUT2D eigenvalue weighted by Crippen LogP contribution is -2.55. The van der Waals surface area contributed by atoms with Gasteiger partial charge in [0.1, 0.15) is 12.7 Å². The smallest absolute Gasteiger partial charge is 0.302 e. The predicted octanol–water partition coefficient (Wildman–Crippen LogP) is 4.40. The first kappa shape index (κ1) is 22.3. The molecule has 6 heteroatoms. The van der Waals surface area contributed by atoms with Crippen molar-refractivity contribution < 1.29 is 24.2 Å². The molecule has 3 saturated carbocycles. The Morgan fingerprint density at radius 2 is 1.90 bits per heavy atom. The lowest BCUT2D eigenvalue weighted by molar-refractivity contribution is -0.156. The molecule has 4 rings (SSSR count). The molecule has 168 valence electrons. The summed E-state index contributed by atoms with van der Waals surface area (Å²) in [5.74, 6) is 0.479. The number of rotatable bonds is 4. The predicted molar refractivity (Wildman–Crippen MR) is 117 cm³/mol. The van der Waals surface area contributed by atoms with Gasteiger partial charge in [0.25, 0.3) is 0 Å². The second-order valence-electron chi connectivity index (χ2n) is 11.0. The van der Waals surface area contributed by atoms with E-state index in [2.05, 4.69) is 42.8 Å². The van der Waals surface area contributed by atoms with Gasteiger partial charge >= 0.3 is 11.9 Å². The van der Waals surface area contributed by atoms with E-state index in [-0.39, 0.29) is 51.1 Å². The van der Waals surface area contributed by atoms with Crippen molar-refractivity contribution in [2.24, 2.45) is 34.0 Å². The molecule has 4 aliphatic carbocycles. The van der Waals surface area contributed by atoms with Gasteiger partial charge in [0, 0.05) is 25.7 Å². The highest BCUT2D eigenvalue weighted by Crippen LogP contribution is 2.74. The molecule has 1 N–H and O–H groups in total. The number of hydrogen-bond acceptors (Lipinski definition) is 5. The van der Waals surface area contributed by atoms with Crippen molar-refractivity contribution in [2.75, 3.05) is 6.61 Å². The third-order valence-electron chi connectivity index (χ3n) is 8.97. The molecule has 0 aromatic rings. The molecule has 9 atom stereocenters. The molecular formula is C24H35BrO5. The van der Waals surface area contributed by atoms with E-state index >= 15 is 0 Å². The molecule has 0 heterocycles. The van der Waals surface area contributed by atoms with E-state index in [1.54, 1.807) is 0 Å². The number of carbonyl (C=O) groups excluding carboxylic acids is 2. The van der Waals surface area contributed by atoms with E-state index in [9.17, 15) is 14.7 Å². The van der Waals surface area contributed by atoms with E-state index in [0.717, 1.165) is 32.1 Å². The molecule has 0 aromatic heterocycles. The van der Waals surface area contributed by atoms with Crippen LogP contribution in [0.5, 0.6) is 0 Å². The van der Waals surface area contributed by atoms with E-state index < -0.39 is 0 Å². The van der Waals surface area contributed by atoms with Gasteiger partial charge < -0.3 is 14.6 Å². The van der Waals surface area contributed by atoms with Gasteiger partial charge in [-0.2, -0.15) is 0 Å². The van der Waals surface area contributed by atoms with Crippen molar-refractivity contribution in [1.82, 2.24) is 0 Å². The number of fused-ring (bicyclic) bond motifs is 5. The van der Waals surface area contributed by atoms with Crippen molar-refractivity contribution in [3.05, 3.63) is 11.6 Å². The zero-order valence-electron chi connectivity index (χ0n) is 18.7. The molecule has 0 aromatic carbocycles. The molecule has 0 aliphatic heterocycles. The average molecular weight is 483 g/mol. The molecule has 0 radical (unpaired) electrons. The number of aliphatic hydroxyl groups is 1. The van der Waals surface area contributed by atoms with Gasteiger partial charge in [0.05, 0.1) is 10.9 Å². The second-order valence-corrected chi connectivity index (χ2v) is 12.1. The third-order valence-corrected chi connectivity index (χ3v) is 10.3. The molecule has 0 saturated heterocycles. The van der Waals surface area contributed by atoms with E-state index in [1.807, 2.05) is 0 Å². The summed E-state index contributed by atoms with van der Waals surface area (Å²) in [5.41, 5.74) is 1.36. The highest BCUT2D eigenvalue weighted by molar-refractivity contribution is 9.09. The Balaban J connectivity index is 1.62. The Hall–Kier alpha value is -0.880. The van der Waals surface area contributed by atoms with Crippen molar-refractivity contribution >= 4 is 27.9 Å². The topological polar surface area (TPSA) is 72.8 Å². The highest BCUT2D eigenvalue weighted by Gasteiger charge is 2.70. The maximum absolute atomic E-state index is 11.7. The molecule has 0 spiro atoms. The number of esters is 2. The van der Waals surface area contributed by atoms with Crippen LogP contribution in [0.3, 0.4) is 0 Å². The molecule has 0 amide bonds. The number of allylic oxidation sites excluding steroid dienone is 1. The largest absolute Gasteiger partial charge is 0.465 e. The summed E-state index contributed by atoms with van der Waals surface area (Å²) in [6, 6.07) is 0. The van der Waals surface area contributed by atoms with Crippen LogP contribution in [0.25, 0.3) is 0 Å². The molecule has 3 fully saturated rings. The second kappa shape index (κ2) is 7.33. The fraction of sp³-hybridized carbons (Fsp3) is 0.833. The van der Waals surface area contributed by atoms with Gasteiger partial charge in [-0.05, 0) is 54.3 Å². The molecule has 30 heavy (non-hydrogen) atoms. The van der Waals surface area contributed by atoms with Crippen molar-refractivity contribution in [2.45, 2.75) is 83.8 Å². The van der Waals surface area contributed by atoms with Crippen LogP contribution in [0, 0.1) is 34.0 Å². The number of halogens is 1. The summed E-state index contributed by atoms with van der Waals surface area (Å²) < 4.78 is 11.0. The number of ether oxygens (including phenoxy) is 2. The van der Waals surface area contributed by atoms with Gasteiger partial charge in [-0.1, -0.05) is 48.4 Å². The number of hydrogen-bond donors (Lipinski definition) is 1. The zero-order valence-corrected chi connectivity index (χ0v) is 20.3. The standard InChI is InChI=1S/C24H35BrO5/c1-13(26)29-12-21(25)22(3)7-6-16-15(9-22)18(28)8-20-23(4)10-17(23)19(30-14(2)27)11-24(16,20)5/h6,15,17-21,28H,7-12H2,1-5H3/t15-,17+,18-,19-,20?,21?,22+,23+,24+/m0/s1. The van der Waals surface area contributed by atoms with E-state index in [1.165, 1.54) is 19.4 Å². The quantitative estimate of drug-likeness (QED) is 0.365. The fourth-order valence-corrected chi connectivity index (χ4v) is 7.74. The monoisotopic (exact) mass is 482 g/mol. The van der Waals surface area contributed by atoms with Crippen LogP contribution in [-0.2, 0) is 19.1 Å². The van der Waals surface area contributed by atoms with Gasteiger partial charge in [-0.3, -0.25) is 9.59 Å². The van der Waals surface area contributed by atoms with Crippen LogP contribution in [-0.4, -0.2) is 40.7 Å². The minimum atomic E-state index is -0.356. The van der Waals surface area contributed by atoms with Crippen LogP contribution in [0.4, 0.5) is 0 Å². The third kappa shape index (κ3) is 3.46. The van der Waals surface area contributed by atoms with Crippen LogP contribution in [0.1, 0.15) is 66.7 Å². The average Bonchev–Trinajstić information content (AvgIpc) is 3.34. The lowest BCUT2D eigenvalue weighted by atomic mass is 9.48. The maximum atomic E-state index is 11.7. The summed E-state index contributed by atoms with van der Waals surface area (Å²) >= 11 is 3.76. The number of carbonyl (C=O) groups is 2. The zero-order chi connectivity index (χ0) is 22.1. The number of alkyl halides is 1. The summed E-state index contributed by atoms with van der Waals surface area (Å²) in [5, 5.41) is 11.2. The summed E-state index contributed by atoms with van der Waals surface area (Å²) in [7, 11) is 0. The van der Waals surface area contributed by atoms with E-state index in [4.69, 9.17) is 9.47 Å². The summed E-state index contributed by atoms with van der Waals surface area (Å²) in [6.45, 7) is 10.2. The Morgan fingerprint density at radius 3 is 2.53 bits per heavy atom. The van der Waals surface area contributed by atoms with Gasteiger partial charge in [0.2, 0.25) is 0 Å². The fourth-order valence-electron chi connectivity index (χ4n) is 7.23. The van der Waals surface area contributed by atoms with Crippen LogP contribution >= 0.6 is 15.9 Å². The maximum Gasteiger partial charge on any atom is 0.302 e. The Labute approximate surface area is 188 Å². The molecule has 2 unspecified atom stereocenters. The first-order valence-electron chi connectivity index (χ1n) is 11.2. The normalized spacial score (nSPS) is 47.7. The Bertz CT molecular complexity index is 780. The molecule has 0 bridgehead atoms. The lowest BCUT2D eigenvalue weighted by Gasteiger charge is -2.58. The van der Waals surface area contributed by atoms with Crippen LogP contribution in [0.2, 0.25) is 0 Å². The Morgan fingerprint density at radius 1 is 1.20 bits per heavy atom. The molecule has 4 aliphatic rings. The Kier molecular flexibility index (Phi) is 5.45. The van der Waals surface area contributed by atoms with E-state index in [0.29, 0.717) is 18.4 Å². The summed E-state index contributed by atoms with van der Waals surface area (Å²) in [6.07, 6.45) is 6.46. The first-order chi connectivity index (χ1) is 13.9. The van der Waals surface area contributed by atoms with Gasteiger partial charge in [-0.25, -0.2) is 0 Å². The minimum absolute atomic E-state index is 0.0215. The first-order valence-corrected chi connectivity index (χ1v) is 12.2. The van der Waals surface area contributed by atoms with Gasteiger partial charge in [0.15, 0.2) is 0 Å². The van der Waals surface area contributed by atoms with Crippen LogP contribution < -0.4 is 0 Å². The van der Waals surface area contributed by atoms with Gasteiger partial charge in [-0.15, -0.1) is 0 Å². The van der Waals surface area contributed by atoms with Crippen molar-refractivity contribution in [1.29, 1.82) is 0 Å².